The molecule has 59 heavy (non-hydrogen) atoms. The molecule has 0 aliphatic carbocycles. The van der Waals surface area contributed by atoms with E-state index in [1.54, 1.807) is 0 Å². The van der Waals surface area contributed by atoms with Crippen molar-refractivity contribution in [3.63, 3.8) is 0 Å². The molecule has 0 saturated carbocycles. The molecule has 2 heterocycles. The Hall–Kier alpha value is -7.46. The average Bonchev–Trinajstić information content (AvgIpc) is 3.89. The van der Waals surface area contributed by atoms with Gasteiger partial charge in [0.25, 0.3) is 0 Å². The van der Waals surface area contributed by atoms with Crippen LogP contribution in [0.15, 0.2) is 217 Å². The summed E-state index contributed by atoms with van der Waals surface area (Å²) in [6.45, 7) is 0. The molecule has 0 aliphatic heterocycles. The molecule has 0 radical (unpaired) electrons. The molecule has 2 aromatic heterocycles. The number of furan rings is 1. The SMILES string of the molecule is c1ccc(-c2cccc3c2oc2c(N(c4ccc(-c5cccc6ccccc56)cc4)c4ccc(-c5cccc6c5sc5ccccc56)c5ccccc45)cccc23)cc1. The Morgan fingerprint density at radius 2 is 0.915 bits per heavy atom. The normalized spacial score (nSPS) is 11.7. The van der Waals surface area contributed by atoms with E-state index in [9.17, 15) is 0 Å². The third-order valence-electron chi connectivity index (χ3n) is 11.9. The topological polar surface area (TPSA) is 16.4 Å². The molecule has 0 bridgehead atoms. The van der Waals surface area contributed by atoms with E-state index in [1.165, 1.54) is 64.0 Å². The molecule has 0 aliphatic rings. The van der Waals surface area contributed by atoms with Gasteiger partial charge in [0.15, 0.2) is 5.58 Å². The number of benzene rings is 10. The van der Waals surface area contributed by atoms with Crippen LogP contribution in [0, 0.1) is 0 Å². The third-order valence-corrected chi connectivity index (χ3v) is 13.1. The lowest BCUT2D eigenvalue weighted by atomic mass is 9.95. The van der Waals surface area contributed by atoms with Crippen LogP contribution in [0.4, 0.5) is 17.1 Å². The molecule has 12 rings (SSSR count). The van der Waals surface area contributed by atoms with Crippen molar-refractivity contribution in [1.82, 2.24) is 0 Å². The third kappa shape index (κ3) is 5.40. The summed E-state index contributed by atoms with van der Waals surface area (Å²) in [7, 11) is 0. The van der Waals surface area contributed by atoms with E-state index in [0.717, 1.165) is 50.1 Å². The first-order valence-corrected chi connectivity index (χ1v) is 20.9. The summed E-state index contributed by atoms with van der Waals surface area (Å²) in [5.74, 6) is 0. The fourth-order valence-electron chi connectivity index (χ4n) is 9.17. The Morgan fingerprint density at radius 3 is 1.76 bits per heavy atom. The molecule has 0 atom stereocenters. The van der Waals surface area contributed by atoms with E-state index in [2.05, 4.69) is 217 Å². The van der Waals surface area contributed by atoms with E-state index >= 15 is 0 Å². The predicted octanol–water partition coefficient (Wildman–Crippen LogP) is 16.7. The van der Waals surface area contributed by atoms with E-state index < -0.39 is 0 Å². The van der Waals surface area contributed by atoms with Crippen LogP contribution in [0.1, 0.15) is 0 Å². The summed E-state index contributed by atoms with van der Waals surface area (Å²) < 4.78 is 9.70. The molecule has 12 aromatic rings. The molecule has 0 saturated heterocycles. The predicted molar refractivity (Wildman–Crippen MR) is 253 cm³/mol. The van der Waals surface area contributed by atoms with Crippen LogP contribution in [-0.4, -0.2) is 0 Å². The highest BCUT2D eigenvalue weighted by Gasteiger charge is 2.23. The number of hydrogen-bond donors (Lipinski definition) is 0. The lowest BCUT2D eigenvalue weighted by Gasteiger charge is -2.28. The van der Waals surface area contributed by atoms with Gasteiger partial charge in [-0.2, -0.15) is 0 Å². The molecular weight excluding hydrogens is 735 g/mol. The molecule has 0 fully saturated rings. The number of anilines is 3. The van der Waals surface area contributed by atoms with Crippen molar-refractivity contribution >= 4 is 92.1 Å². The fraction of sp³-hybridized carbons (Fsp3) is 0. The van der Waals surface area contributed by atoms with E-state index in [4.69, 9.17) is 4.42 Å². The first-order chi connectivity index (χ1) is 29.3. The maximum atomic E-state index is 7.08. The van der Waals surface area contributed by atoms with Crippen LogP contribution >= 0.6 is 11.3 Å². The summed E-state index contributed by atoms with van der Waals surface area (Å²) in [4.78, 5) is 2.39. The Labute approximate surface area is 345 Å². The maximum Gasteiger partial charge on any atom is 0.159 e. The van der Waals surface area contributed by atoms with Gasteiger partial charge in [0.05, 0.1) is 11.4 Å². The molecular formula is C56H35NOS. The number of para-hydroxylation sites is 2. The maximum absolute atomic E-state index is 7.08. The highest BCUT2D eigenvalue weighted by atomic mass is 32.1. The number of rotatable bonds is 6. The Kier molecular flexibility index (Phi) is 7.75. The van der Waals surface area contributed by atoms with Crippen LogP contribution in [-0.2, 0) is 0 Å². The molecule has 0 amide bonds. The minimum atomic E-state index is 0.854. The number of hydrogen-bond acceptors (Lipinski definition) is 3. The highest BCUT2D eigenvalue weighted by molar-refractivity contribution is 7.26. The van der Waals surface area contributed by atoms with Crippen LogP contribution in [0.25, 0.3) is 97.0 Å². The van der Waals surface area contributed by atoms with Gasteiger partial charge in [-0.3, -0.25) is 0 Å². The molecule has 0 unspecified atom stereocenters. The molecule has 0 spiro atoms. The summed E-state index contributed by atoms with van der Waals surface area (Å²) in [6.07, 6.45) is 0. The first kappa shape index (κ1) is 33.7. The van der Waals surface area contributed by atoms with Crippen molar-refractivity contribution in [2.75, 3.05) is 4.90 Å². The summed E-state index contributed by atoms with van der Waals surface area (Å²) in [6, 6.07) is 76.7. The molecule has 0 N–H and O–H groups in total. The highest BCUT2D eigenvalue weighted by Crippen LogP contribution is 2.48. The molecule has 2 nitrogen and oxygen atoms in total. The standard InChI is InChI=1S/C56H35NOS/c1-2-14-37(15-3-1)42-23-11-24-47-48-25-13-28-52(55(48)58-54(42)47)57(39-32-30-38(31-33-39)41-22-10-17-36-16-4-5-18-40(36)41)51-35-34-44(43-19-6-7-20-45(43)51)49-26-12-27-50-46-21-8-9-29-53(46)59-56(49)50/h1-35H. The molecule has 276 valence electrons. The second-order valence-electron chi connectivity index (χ2n) is 15.2. The lowest BCUT2D eigenvalue weighted by Crippen LogP contribution is -2.11. The smallest absolute Gasteiger partial charge is 0.159 e. The number of thiophene rings is 1. The van der Waals surface area contributed by atoms with Gasteiger partial charge in [0.1, 0.15) is 5.58 Å². The summed E-state index contributed by atoms with van der Waals surface area (Å²) in [5.41, 5.74) is 12.0. The lowest BCUT2D eigenvalue weighted by molar-refractivity contribution is 0.670. The Balaban J connectivity index is 1.10. The van der Waals surface area contributed by atoms with Crippen molar-refractivity contribution < 1.29 is 4.42 Å². The van der Waals surface area contributed by atoms with Gasteiger partial charge in [-0.05, 0) is 68.7 Å². The quantitative estimate of drug-likeness (QED) is 0.167. The van der Waals surface area contributed by atoms with Crippen molar-refractivity contribution in [3.8, 4) is 33.4 Å². The van der Waals surface area contributed by atoms with Gasteiger partial charge >= 0.3 is 0 Å². The molecule has 10 aromatic carbocycles. The summed E-state index contributed by atoms with van der Waals surface area (Å²) in [5, 5.41) is 9.65. The Bertz CT molecular complexity index is 3550. The number of nitrogens with zero attached hydrogens (tertiary/aromatic N) is 1. The fourth-order valence-corrected chi connectivity index (χ4v) is 10.4. The van der Waals surface area contributed by atoms with Crippen molar-refractivity contribution in [2.45, 2.75) is 0 Å². The monoisotopic (exact) mass is 769 g/mol. The zero-order valence-electron chi connectivity index (χ0n) is 32.0. The second kappa shape index (κ2) is 13.6. The average molecular weight is 770 g/mol. The van der Waals surface area contributed by atoms with Crippen molar-refractivity contribution in [2.24, 2.45) is 0 Å². The van der Waals surface area contributed by atoms with E-state index in [1.807, 2.05) is 11.3 Å². The zero-order valence-corrected chi connectivity index (χ0v) is 32.8. The van der Waals surface area contributed by atoms with Crippen LogP contribution in [0.3, 0.4) is 0 Å². The van der Waals surface area contributed by atoms with Crippen molar-refractivity contribution in [3.05, 3.63) is 212 Å². The van der Waals surface area contributed by atoms with Gasteiger partial charge in [-0.25, -0.2) is 0 Å². The van der Waals surface area contributed by atoms with Gasteiger partial charge in [-0.15, -0.1) is 11.3 Å². The van der Waals surface area contributed by atoms with E-state index in [0.29, 0.717) is 0 Å². The van der Waals surface area contributed by atoms with Gasteiger partial charge in [0.2, 0.25) is 0 Å². The van der Waals surface area contributed by atoms with Gasteiger partial charge < -0.3 is 9.32 Å². The van der Waals surface area contributed by atoms with Crippen LogP contribution < -0.4 is 4.90 Å². The van der Waals surface area contributed by atoms with E-state index in [-0.39, 0.29) is 0 Å². The minimum Gasteiger partial charge on any atom is -0.453 e. The second-order valence-corrected chi connectivity index (χ2v) is 16.2. The minimum absolute atomic E-state index is 0.854. The Morgan fingerprint density at radius 1 is 0.322 bits per heavy atom. The summed E-state index contributed by atoms with van der Waals surface area (Å²) >= 11 is 1.88. The zero-order chi connectivity index (χ0) is 38.9. The van der Waals surface area contributed by atoms with Crippen LogP contribution in [0.2, 0.25) is 0 Å². The molecule has 3 heteroatoms. The largest absolute Gasteiger partial charge is 0.453 e. The van der Waals surface area contributed by atoms with Crippen molar-refractivity contribution in [1.29, 1.82) is 0 Å². The van der Waals surface area contributed by atoms with Crippen LogP contribution in [0.5, 0.6) is 0 Å². The van der Waals surface area contributed by atoms with Gasteiger partial charge in [-0.1, -0.05) is 182 Å². The first-order valence-electron chi connectivity index (χ1n) is 20.1. The van der Waals surface area contributed by atoms with Gasteiger partial charge in [0, 0.05) is 53.1 Å². The number of fused-ring (bicyclic) bond motifs is 8.